The van der Waals surface area contributed by atoms with Gasteiger partial charge in [0.05, 0.1) is 11.2 Å². The van der Waals surface area contributed by atoms with Crippen LogP contribution in [0.5, 0.6) is 0 Å². The van der Waals surface area contributed by atoms with E-state index in [1.165, 1.54) is 0 Å². The molecule has 0 radical (unpaired) electrons. The third-order valence-electron chi connectivity index (χ3n) is 2.48. The lowest BCUT2D eigenvalue weighted by molar-refractivity contribution is 0.111. The van der Waals surface area contributed by atoms with Crippen molar-refractivity contribution in [1.82, 2.24) is 0 Å². The molecule has 0 aromatic heterocycles. The van der Waals surface area contributed by atoms with Gasteiger partial charge in [-0.1, -0.05) is 17.7 Å². The largest absolute Gasteiger partial charge is 0.496 e. The topological polar surface area (TPSA) is 52.6 Å². The van der Waals surface area contributed by atoms with Crippen molar-refractivity contribution in [3.63, 3.8) is 0 Å². The fourth-order valence-electron chi connectivity index (χ4n) is 1.48. The highest BCUT2D eigenvalue weighted by Crippen LogP contribution is 2.16. The van der Waals surface area contributed by atoms with Crippen molar-refractivity contribution in [2.45, 2.75) is 24.3 Å². The molecule has 17 heavy (non-hydrogen) atoms. The van der Waals surface area contributed by atoms with Crippen LogP contribution in [-0.2, 0) is 19.0 Å². The SMILES string of the molecule is Cc1ccc(S(=O)(=O)OC[C@H]2CC=CO2)cc1. The van der Waals surface area contributed by atoms with Crippen LogP contribution >= 0.6 is 0 Å². The molecule has 0 saturated heterocycles. The lowest BCUT2D eigenvalue weighted by Gasteiger charge is -2.11. The Labute approximate surface area is 101 Å². The molecule has 5 heteroatoms. The highest BCUT2D eigenvalue weighted by atomic mass is 32.2. The Morgan fingerprint density at radius 2 is 2.06 bits per heavy atom. The number of benzene rings is 1. The van der Waals surface area contributed by atoms with E-state index in [4.69, 9.17) is 8.92 Å². The lowest BCUT2D eigenvalue weighted by atomic mass is 10.2. The first kappa shape index (κ1) is 12.1. The predicted octanol–water partition coefficient (Wildman–Crippen LogP) is 2.00. The summed E-state index contributed by atoms with van der Waals surface area (Å²) in [5, 5.41) is 0. The third kappa shape index (κ3) is 3.08. The molecule has 1 heterocycles. The standard InChI is InChI=1S/C12H14O4S/c1-10-4-6-12(7-5-10)17(13,14)16-9-11-3-2-8-15-11/h2,4-8,11H,3,9H2,1H3/t11-/m1/s1. The molecule has 0 amide bonds. The van der Waals surface area contributed by atoms with Crippen LogP contribution in [0, 0.1) is 6.92 Å². The first-order valence-electron chi connectivity index (χ1n) is 5.34. The van der Waals surface area contributed by atoms with Gasteiger partial charge in [-0.15, -0.1) is 0 Å². The molecule has 0 bridgehead atoms. The summed E-state index contributed by atoms with van der Waals surface area (Å²) in [5.74, 6) is 0. The highest BCUT2D eigenvalue weighted by molar-refractivity contribution is 7.86. The van der Waals surface area contributed by atoms with E-state index < -0.39 is 10.1 Å². The Kier molecular flexibility index (Phi) is 3.49. The van der Waals surface area contributed by atoms with Gasteiger partial charge < -0.3 is 4.74 Å². The quantitative estimate of drug-likeness (QED) is 0.771. The van der Waals surface area contributed by atoms with Crippen molar-refractivity contribution in [2.24, 2.45) is 0 Å². The molecule has 0 saturated carbocycles. The van der Waals surface area contributed by atoms with Gasteiger partial charge >= 0.3 is 0 Å². The second kappa shape index (κ2) is 4.89. The number of rotatable bonds is 4. The summed E-state index contributed by atoms with van der Waals surface area (Å²) in [6.07, 6.45) is 3.89. The van der Waals surface area contributed by atoms with Gasteiger partial charge in [-0.2, -0.15) is 8.42 Å². The maximum Gasteiger partial charge on any atom is 0.297 e. The summed E-state index contributed by atoms with van der Waals surface area (Å²) in [4.78, 5) is 0.175. The molecule has 0 spiro atoms. The van der Waals surface area contributed by atoms with Crippen LogP contribution in [0.25, 0.3) is 0 Å². The van der Waals surface area contributed by atoms with Gasteiger partial charge in [-0.3, -0.25) is 4.18 Å². The summed E-state index contributed by atoms with van der Waals surface area (Å²) in [5.41, 5.74) is 1.01. The second-order valence-electron chi connectivity index (χ2n) is 3.92. The Balaban J connectivity index is 2.00. The Morgan fingerprint density at radius 3 is 2.65 bits per heavy atom. The molecule has 1 atom stereocenters. The molecule has 1 aliphatic rings. The summed E-state index contributed by atoms with van der Waals surface area (Å²) >= 11 is 0. The molecule has 1 aromatic carbocycles. The van der Waals surface area contributed by atoms with Crippen molar-refractivity contribution in [1.29, 1.82) is 0 Å². The van der Waals surface area contributed by atoms with E-state index in [2.05, 4.69) is 0 Å². The summed E-state index contributed by atoms with van der Waals surface area (Å²) < 4.78 is 33.7. The van der Waals surface area contributed by atoms with Crippen LogP contribution in [0.1, 0.15) is 12.0 Å². The average molecular weight is 254 g/mol. The Hall–Kier alpha value is -1.33. The third-order valence-corrected chi connectivity index (χ3v) is 3.78. The van der Waals surface area contributed by atoms with Crippen molar-refractivity contribution in [3.05, 3.63) is 42.2 Å². The molecule has 2 rings (SSSR count). The van der Waals surface area contributed by atoms with Gasteiger partial charge in [0.15, 0.2) is 0 Å². The van der Waals surface area contributed by atoms with Gasteiger partial charge in [-0.25, -0.2) is 0 Å². The lowest BCUT2D eigenvalue weighted by Crippen LogP contribution is -2.18. The van der Waals surface area contributed by atoms with E-state index in [0.29, 0.717) is 6.42 Å². The maximum absolute atomic E-state index is 11.8. The molecule has 4 nitrogen and oxygen atoms in total. The number of aryl methyl sites for hydroxylation is 1. The smallest absolute Gasteiger partial charge is 0.297 e. The van der Waals surface area contributed by atoms with Gasteiger partial charge in [0.25, 0.3) is 10.1 Å². The van der Waals surface area contributed by atoms with Crippen LogP contribution in [0.2, 0.25) is 0 Å². The molecule has 0 aliphatic carbocycles. The number of hydrogen-bond acceptors (Lipinski definition) is 4. The van der Waals surface area contributed by atoms with E-state index >= 15 is 0 Å². The van der Waals surface area contributed by atoms with E-state index in [1.54, 1.807) is 30.5 Å². The predicted molar refractivity (Wildman–Crippen MR) is 62.9 cm³/mol. The van der Waals surface area contributed by atoms with Gasteiger partial charge in [0, 0.05) is 6.42 Å². The minimum atomic E-state index is -3.67. The van der Waals surface area contributed by atoms with Gasteiger partial charge in [-0.05, 0) is 25.1 Å². The van der Waals surface area contributed by atoms with Crippen molar-refractivity contribution < 1.29 is 17.3 Å². The van der Waals surface area contributed by atoms with Crippen LogP contribution < -0.4 is 0 Å². The van der Waals surface area contributed by atoms with Crippen LogP contribution in [0.4, 0.5) is 0 Å². The van der Waals surface area contributed by atoms with Crippen LogP contribution in [0.15, 0.2) is 41.5 Å². The van der Waals surface area contributed by atoms with E-state index in [9.17, 15) is 8.42 Å². The molecule has 1 aliphatic heterocycles. The fraction of sp³-hybridized carbons (Fsp3) is 0.333. The first-order valence-corrected chi connectivity index (χ1v) is 6.75. The first-order chi connectivity index (χ1) is 8.08. The normalized spacial score (nSPS) is 19.2. The molecular formula is C12H14O4S. The zero-order valence-corrected chi connectivity index (χ0v) is 10.3. The fourth-order valence-corrected chi connectivity index (χ4v) is 2.41. The van der Waals surface area contributed by atoms with Crippen molar-refractivity contribution in [2.75, 3.05) is 6.61 Å². The second-order valence-corrected chi connectivity index (χ2v) is 5.53. The minimum absolute atomic E-state index is 0.0449. The Morgan fingerprint density at radius 1 is 1.35 bits per heavy atom. The average Bonchev–Trinajstić information content (AvgIpc) is 2.80. The van der Waals surface area contributed by atoms with Crippen molar-refractivity contribution >= 4 is 10.1 Å². The monoisotopic (exact) mass is 254 g/mol. The van der Waals surface area contributed by atoms with Gasteiger partial charge in [0.1, 0.15) is 12.7 Å². The zero-order valence-electron chi connectivity index (χ0n) is 9.50. The molecule has 92 valence electrons. The highest BCUT2D eigenvalue weighted by Gasteiger charge is 2.19. The summed E-state index contributed by atoms with van der Waals surface area (Å²) in [7, 11) is -3.67. The molecular weight excluding hydrogens is 240 g/mol. The van der Waals surface area contributed by atoms with E-state index in [0.717, 1.165) is 5.56 Å². The molecule has 1 aromatic rings. The molecule has 0 fully saturated rings. The van der Waals surface area contributed by atoms with E-state index in [-0.39, 0.29) is 17.6 Å². The Bertz CT molecular complexity index is 494. The number of hydrogen-bond donors (Lipinski definition) is 0. The van der Waals surface area contributed by atoms with Crippen LogP contribution in [-0.4, -0.2) is 21.1 Å². The number of ether oxygens (including phenoxy) is 1. The summed E-state index contributed by atoms with van der Waals surface area (Å²) in [6, 6.07) is 6.56. The molecule has 0 N–H and O–H groups in total. The zero-order chi connectivity index (χ0) is 12.3. The van der Waals surface area contributed by atoms with Crippen LogP contribution in [0.3, 0.4) is 0 Å². The minimum Gasteiger partial charge on any atom is -0.496 e. The molecule has 0 unspecified atom stereocenters. The van der Waals surface area contributed by atoms with Gasteiger partial charge in [0.2, 0.25) is 0 Å². The van der Waals surface area contributed by atoms with E-state index in [1.807, 2.05) is 13.0 Å². The van der Waals surface area contributed by atoms with Crippen molar-refractivity contribution in [3.8, 4) is 0 Å². The maximum atomic E-state index is 11.8. The summed E-state index contributed by atoms with van der Waals surface area (Å²) in [6.45, 7) is 1.94.